The SMILES string of the molecule is Cc1cccc(CNC(=O)C2(C(=O)N3c4ccccc4CC3C)CC2)c1. The Morgan fingerprint density at radius 1 is 1.15 bits per heavy atom. The molecule has 134 valence electrons. The molecule has 2 aliphatic rings. The first-order valence-electron chi connectivity index (χ1n) is 9.27. The molecule has 0 saturated heterocycles. The fraction of sp³-hybridized carbons (Fsp3) is 0.364. The van der Waals surface area contributed by atoms with E-state index < -0.39 is 5.41 Å². The van der Waals surface area contributed by atoms with Gasteiger partial charge in [0.2, 0.25) is 11.8 Å². The highest BCUT2D eigenvalue weighted by Crippen LogP contribution is 2.50. The van der Waals surface area contributed by atoms with E-state index >= 15 is 0 Å². The summed E-state index contributed by atoms with van der Waals surface area (Å²) >= 11 is 0. The standard InChI is InChI=1S/C22H24N2O2/c1-15-6-5-7-17(12-15)14-23-20(25)22(10-11-22)21(26)24-16(2)13-18-8-3-4-9-19(18)24/h3-9,12,16H,10-11,13-14H2,1-2H3,(H,23,25). The highest BCUT2D eigenvalue weighted by Gasteiger charge is 2.59. The first-order valence-corrected chi connectivity index (χ1v) is 9.27. The Morgan fingerprint density at radius 2 is 1.92 bits per heavy atom. The Morgan fingerprint density at radius 3 is 2.65 bits per heavy atom. The van der Waals surface area contributed by atoms with Gasteiger partial charge >= 0.3 is 0 Å². The lowest BCUT2D eigenvalue weighted by Crippen LogP contribution is -2.47. The molecule has 4 nitrogen and oxygen atoms in total. The minimum absolute atomic E-state index is 0.0447. The molecule has 2 amide bonds. The summed E-state index contributed by atoms with van der Waals surface area (Å²) in [6, 6.07) is 16.2. The zero-order valence-electron chi connectivity index (χ0n) is 15.3. The Kier molecular flexibility index (Phi) is 4.06. The van der Waals surface area contributed by atoms with Gasteiger partial charge in [0.15, 0.2) is 0 Å². The van der Waals surface area contributed by atoms with Crippen molar-refractivity contribution in [2.45, 2.75) is 45.7 Å². The Hall–Kier alpha value is -2.62. The summed E-state index contributed by atoms with van der Waals surface area (Å²) < 4.78 is 0. The summed E-state index contributed by atoms with van der Waals surface area (Å²) in [7, 11) is 0. The van der Waals surface area contributed by atoms with Crippen LogP contribution in [0, 0.1) is 12.3 Å². The van der Waals surface area contributed by atoms with Gasteiger partial charge in [-0.05, 0) is 50.3 Å². The number of anilines is 1. The number of amides is 2. The van der Waals surface area contributed by atoms with E-state index in [0.717, 1.165) is 23.2 Å². The lowest BCUT2D eigenvalue weighted by Gasteiger charge is -2.27. The minimum atomic E-state index is -0.879. The summed E-state index contributed by atoms with van der Waals surface area (Å²) in [6.07, 6.45) is 2.12. The first-order chi connectivity index (χ1) is 12.5. The lowest BCUT2D eigenvalue weighted by atomic mass is 10.0. The molecule has 1 unspecified atom stereocenters. The molecule has 1 saturated carbocycles. The van der Waals surface area contributed by atoms with Crippen molar-refractivity contribution in [3.05, 3.63) is 65.2 Å². The smallest absolute Gasteiger partial charge is 0.242 e. The molecule has 0 aromatic heterocycles. The Labute approximate surface area is 154 Å². The molecule has 1 atom stereocenters. The summed E-state index contributed by atoms with van der Waals surface area (Å²) in [5, 5.41) is 2.99. The number of fused-ring (bicyclic) bond motifs is 1. The van der Waals surface area contributed by atoms with E-state index in [1.54, 1.807) is 0 Å². The number of para-hydroxylation sites is 1. The molecule has 1 aliphatic carbocycles. The molecular weight excluding hydrogens is 324 g/mol. The number of rotatable bonds is 4. The average molecular weight is 348 g/mol. The molecule has 4 heteroatoms. The first kappa shape index (κ1) is 16.8. The van der Waals surface area contributed by atoms with Gasteiger partial charge < -0.3 is 10.2 Å². The average Bonchev–Trinajstić information content (AvgIpc) is 3.37. The number of hydrogen-bond donors (Lipinski definition) is 1. The number of nitrogens with zero attached hydrogens (tertiary/aromatic N) is 1. The van der Waals surface area contributed by atoms with Crippen molar-refractivity contribution in [3.63, 3.8) is 0 Å². The van der Waals surface area contributed by atoms with E-state index in [9.17, 15) is 9.59 Å². The van der Waals surface area contributed by atoms with Crippen molar-refractivity contribution in [2.75, 3.05) is 4.90 Å². The number of hydrogen-bond acceptors (Lipinski definition) is 2. The molecule has 0 radical (unpaired) electrons. The van der Waals surface area contributed by atoms with Gasteiger partial charge in [0.1, 0.15) is 5.41 Å². The summed E-state index contributed by atoms with van der Waals surface area (Å²) in [5.74, 6) is -0.183. The molecule has 1 N–H and O–H groups in total. The van der Waals surface area contributed by atoms with E-state index in [2.05, 4.69) is 24.4 Å². The van der Waals surface area contributed by atoms with E-state index in [-0.39, 0.29) is 17.9 Å². The largest absolute Gasteiger partial charge is 0.351 e. The van der Waals surface area contributed by atoms with Crippen molar-refractivity contribution >= 4 is 17.5 Å². The van der Waals surface area contributed by atoms with Gasteiger partial charge in [-0.2, -0.15) is 0 Å². The second-order valence-electron chi connectivity index (χ2n) is 7.61. The predicted octanol–water partition coefficient (Wildman–Crippen LogP) is 3.37. The van der Waals surface area contributed by atoms with Crippen LogP contribution in [0.25, 0.3) is 0 Å². The number of nitrogens with one attached hydrogen (secondary N) is 1. The van der Waals surface area contributed by atoms with Crippen molar-refractivity contribution < 1.29 is 9.59 Å². The molecule has 2 aromatic carbocycles. The summed E-state index contributed by atoms with van der Waals surface area (Å²) in [6.45, 7) is 4.55. The number of aryl methyl sites for hydroxylation is 1. The number of carbonyl (C=O) groups excluding carboxylic acids is 2. The highest BCUT2D eigenvalue weighted by atomic mass is 16.2. The van der Waals surface area contributed by atoms with Crippen molar-refractivity contribution in [1.29, 1.82) is 0 Å². The van der Waals surface area contributed by atoms with Crippen LogP contribution in [-0.4, -0.2) is 17.9 Å². The summed E-state index contributed by atoms with van der Waals surface area (Å²) in [5.41, 5.74) is 3.49. The van der Waals surface area contributed by atoms with Crippen molar-refractivity contribution in [2.24, 2.45) is 5.41 Å². The van der Waals surface area contributed by atoms with Crippen LogP contribution < -0.4 is 10.2 Å². The van der Waals surface area contributed by atoms with Crippen LogP contribution in [0.4, 0.5) is 5.69 Å². The van der Waals surface area contributed by atoms with E-state index in [1.807, 2.05) is 48.2 Å². The van der Waals surface area contributed by atoms with Gasteiger partial charge in [-0.3, -0.25) is 9.59 Å². The fourth-order valence-corrected chi connectivity index (χ4v) is 3.94. The second-order valence-corrected chi connectivity index (χ2v) is 7.61. The van der Waals surface area contributed by atoms with Gasteiger partial charge in [-0.25, -0.2) is 0 Å². The van der Waals surface area contributed by atoms with Crippen LogP contribution >= 0.6 is 0 Å². The molecule has 1 fully saturated rings. The van der Waals surface area contributed by atoms with Gasteiger partial charge in [-0.15, -0.1) is 0 Å². The van der Waals surface area contributed by atoms with Gasteiger partial charge in [0, 0.05) is 18.3 Å². The number of benzene rings is 2. The third kappa shape index (κ3) is 2.79. The molecule has 26 heavy (non-hydrogen) atoms. The van der Waals surface area contributed by atoms with Crippen LogP contribution in [0.3, 0.4) is 0 Å². The topological polar surface area (TPSA) is 49.4 Å². The minimum Gasteiger partial charge on any atom is -0.351 e. The quantitative estimate of drug-likeness (QED) is 0.861. The highest BCUT2D eigenvalue weighted by molar-refractivity contribution is 6.14. The van der Waals surface area contributed by atoms with Crippen LogP contribution in [0.5, 0.6) is 0 Å². The Bertz CT molecular complexity index is 870. The van der Waals surface area contributed by atoms with Crippen molar-refractivity contribution in [1.82, 2.24) is 5.32 Å². The zero-order chi connectivity index (χ0) is 18.3. The maximum Gasteiger partial charge on any atom is 0.242 e. The lowest BCUT2D eigenvalue weighted by molar-refractivity contribution is -0.136. The molecule has 0 spiro atoms. The third-order valence-electron chi connectivity index (χ3n) is 5.56. The maximum atomic E-state index is 13.3. The third-order valence-corrected chi connectivity index (χ3v) is 5.56. The van der Waals surface area contributed by atoms with Crippen LogP contribution in [0.1, 0.15) is 36.5 Å². The zero-order valence-corrected chi connectivity index (χ0v) is 15.3. The Balaban J connectivity index is 1.50. The maximum absolute atomic E-state index is 13.3. The second kappa shape index (κ2) is 6.27. The van der Waals surface area contributed by atoms with E-state index in [4.69, 9.17) is 0 Å². The van der Waals surface area contributed by atoms with Crippen LogP contribution in [-0.2, 0) is 22.6 Å². The van der Waals surface area contributed by atoms with Gasteiger partial charge in [0.05, 0.1) is 0 Å². The normalized spacial score (nSPS) is 19.8. The fourth-order valence-electron chi connectivity index (χ4n) is 3.94. The van der Waals surface area contributed by atoms with E-state index in [1.165, 1.54) is 5.56 Å². The predicted molar refractivity (Wildman–Crippen MR) is 102 cm³/mol. The van der Waals surface area contributed by atoms with Crippen LogP contribution in [0.15, 0.2) is 48.5 Å². The summed E-state index contributed by atoms with van der Waals surface area (Å²) in [4.78, 5) is 28.0. The molecule has 0 bridgehead atoms. The monoisotopic (exact) mass is 348 g/mol. The van der Waals surface area contributed by atoms with Gasteiger partial charge in [-0.1, -0.05) is 48.0 Å². The van der Waals surface area contributed by atoms with Crippen LogP contribution in [0.2, 0.25) is 0 Å². The molecule has 1 aliphatic heterocycles. The van der Waals surface area contributed by atoms with E-state index in [0.29, 0.717) is 19.4 Å². The molecule has 4 rings (SSSR count). The molecule has 1 heterocycles. The van der Waals surface area contributed by atoms with Gasteiger partial charge in [0.25, 0.3) is 0 Å². The van der Waals surface area contributed by atoms with Crippen molar-refractivity contribution in [3.8, 4) is 0 Å². The molecule has 2 aromatic rings. The molecular formula is C22H24N2O2. The number of carbonyl (C=O) groups is 2.